The molecule has 0 aliphatic carbocycles. The molecule has 2 rings (SSSR count). The first-order valence-electron chi connectivity index (χ1n) is 6.09. The smallest absolute Gasteiger partial charge is 0.239 e. The van der Waals surface area contributed by atoms with Crippen LogP contribution in [0.5, 0.6) is 0 Å². The number of carbonyl (C=O) groups is 1. The van der Waals surface area contributed by atoms with Crippen molar-refractivity contribution in [1.29, 1.82) is 0 Å². The van der Waals surface area contributed by atoms with E-state index in [0.29, 0.717) is 5.56 Å². The molecule has 0 fully saturated rings. The van der Waals surface area contributed by atoms with E-state index >= 15 is 0 Å². The zero-order valence-corrected chi connectivity index (χ0v) is 12.2. The maximum Gasteiger partial charge on any atom is 0.239 e. The van der Waals surface area contributed by atoms with Crippen LogP contribution in [0.15, 0.2) is 53.0 Å². The van der Waals surface area contributed by atoms with Gasteiger partial charge in [0, 0.05) is 16.6 Å². The molecule has 2 aromatic rings. The molecule has 20 heavy (non-hydrogen) atoms. The number of halogens is 2. The van der Waals surface area contributed by atoms with Gasteiger partial charge in [0.1, 0.15) is 11.9 Å². The largest absolute Gasteiger partial charge is 0.368 e. The van der Waals surface area contributed by atoms with Gasteiger partial charge in [-0.05, 0) is 23.8 Å². The second kappa shape index (κ2) is 6.63. The maximum absolute atomic E-state index is 13.6. The third-order valence-corrected chi connectivity index (χ3v) is 3.42. The summed E-state index contributed by atoms with van der Waals surface area (Å²) >= 11 is 3.29. The van der Waals surface area contributed by atoms with Crippen LogP contribution in [0.1, 0.15) is 17.2 Å². The normalized spacial score (nSPS) is 12.1. The number of hydrogen-bond donors (Lipinski definition) is 2. The molecule has 1 unspecified atom stereocenters. The molecule has 0 saturated heterocycles. The van der Waals surface area contributed by atoms with Crippen molar-refractivity contribution in [2.24, 2.45) is 5.73 Å². The van der Waals surface area contributed by atoms with Gasteiger partial charge in [-0.25, -0.2) is 4.39 Å². The fourth-order valence-corrected chi connectivity index (χ4v) is 2.33. The van der Waals surface area contributed by atoms with Crippen LogP contribution < -0.4 is 11.1 Å². The van der Waals surface area contributed by atoms with Crippen LogP contribution in [0.3, 0.4) is 0 Å². The summed E-state index contributed by atoms with van der Waals surface area (Å²) in [5.41, 5.74) is 6.63. The van der Waals surface area contributed by atoms with Gasteiger partial charge in [-0.3, -0.25) is 10.1 Å². The first kappa shape index (κ1) is 14.7. The quantitative estimate of drug-likeness (QED) is 0.881. The Hall–Kier alpha value is -1.72. The summed E-state index contributed by atoms with van der Waals surface area (Å²) in [6, 6.07) is 13.2. The minimum Gasteiger partial charge on any atom is -0.368 e. The third-order valence-electron chi connectivity index (χ3n) is 2.92. The second-order valence-electron chi connectivity index (χ2n) is 4.36. The van der Waals surface area contributed by atoms with Gasteiger partial charge in [-0.2, -0.15) is 0 Å². The van der Waals surface area contributed by atoms with E-state index < -0.39 is 11.9 Å². The predicted molar refractivity (Wildman–Crippen MR) is 79.3 cm³/mol. The summed E-state index contributed by atoms with van der Waals surface area (Å²) in [5.74, 6) is -0.816. The van der Waals surface area contributed by atoms with Crippen LogP contribution >= 0.6 is 15.9 Å². The van der Waals surface area contributed by atoms with Gasteiger partial charge < -0.3 is 5.73 Å². The SMILES string of the molecule is NC(=O)C(NCc1cc(Br)ccc1F)c1ccccc1. The predicted octanol–water partition coefficient (Wildman–Crippen LogP) is 2.90. The standard InChI is InChI=1S/C15H14BrFN2O/c16-12-6-7-13(17)11(8-12)9-19-14(15(18)20)10-4-2-1-3-5-10/h1-8,14,19H,9H2,(H2,18,20). The Morgan fingerprint density at radius 1 is 1.25 bits per heavy atom. The molecule has 2 aromatic carbocycles. The van der Waals surface area contributed by atoms with Crippen molar-refractivity contribution < 1.29 is 9.18 Å². The molecular weight excluding hydrogens is 323 g/mol. The fraction of sp³-hybridized carbons (Fsp3) is 0.133. The second-order valence-corrected chi connectivity index (χ2v) is 5.28. The number of primary amides is 1. The molecule has 0 radical (unpaired) electrons. The van der Waals surface area contributed by atoms with Crippen LogP contribution in [0.25, 0.3) is 0 Å². The number of carbonyl (C=O) groups excluding carboxylic acids is 1. The Morgan fingerprint density at radius 3 is 2.60 bits per heavy atom. The Balaban J connectivity index is 2.14. The van der Waals surface area contributed by atoms with E-state index in [1.165, 1.54) is 6.07 Å². The van der Waals surface area contributed by atoms with Gasteiger partial charge in [0.25, 0.3) is 0 Å². The van der Waals surface area contributed by atoms with Gasteiger partial charge in [0.2, 0.25) is 5.91 Å². The highest BCUT2D eigenvalue weighted by atomic mass is 79.9. The Bertz CT molecular complexity index is 604. The summed E-state index contributed by atoms with van der Waals surface area (Å²) in [5, 5.41) is 2.98. The minimum atomic E-state index is -0.644. The zero-order valence-electron chi connectivity index (χ0n) is 10.6. The van der Waals surface area contributed by atoms with Crippen molar-refractivity contribution >= 4 is 21.8 Å². The highest BCUT2D eigenvalue weighted by Crippen LogP contribution is 2.17. The molecule has 3 nitrogen and oxygen atoms in total. The maximum atomic E-state index is 13.6. The molecule has 0 saturated carbocycles. The van der Waals surface area contributed by atoms with Gasteiger partial charge in [-0.1, -0.05) is 46.3 Å². The average molecular weight is 337 g/mol. The molecule has 1 atom stereocenters. The first-order valence-corrected chi connectivity index (χ1v) is 6.89. The van der Waals surface area contributed by atoms with Crippen LogP contribution in [-0.4, -0.2) is 5.91 Å². The summed E-state index contributed by atoms with van der Waals surface area (Å²) in [6.07, 6.45) is 0. The molecule has 0 heterocycles. The lowest BCUT2D eigenvalue weighted by Crippen LogP contribution is -2.33. The fourth-order valence-electron chi connectivity index (χ4n) is 1.92. The summed E-state index contributed by atoms with van der Waals surface area (Å²) < 4.78 is 14.4. The summed E-state index contributed by atoms with van der Waals surface area (Å²) in [7, 11) is 0. The van der Waals surface area contributed by atoms with Gasteiger partial charge >= 0.3 is 0 Å². The number of hydrogen-bond acceptors (Lipinski definition) is 2. The van der Waals surface area contributed by atoms with E-state index in [2.05, 4.69) is 21.2 Å². The monoisotopic (exact) mass is 336 g/mol. The summed E-state index contributed by atoms with van der Waals surface area (Å²) in [6.45, 7) is 0.216. The van der Waals surface area contributed by atoms with E-state index in [0.717, 1.165) is 10.0 Å². The number of nitrogens with one attached hydrogen (secondary N) is 1. The lowest BCUT2D eigenvalue weighted by atomic mass is 10.1. The lowest BCUT2D eigenvalue weighted by molar-refractivity contribution is -0.120. The van der Waals surface area contributed by atoms with Gasteiger partial charge in [0.15, 0.2) is 0 Å². The number of benzene rings is 2. The number of amides is 1. The Labute approximate surface area is 125 Å². The highest BCUT2D eigenvalue weighted by molar-refractivity contribution is 9.10. The van der Waals surface area contributed by atoms with Crippen molar-refractivity contribution in [3.63, 3.8) is 0 Å². The van der Waals surface area contributed by atoms with E-state index in [1.807, 2.05) is 18.2 Å². The average Bonchev–Trinajstić information content (AvgIpc) is 2.43. The van der Waals surface area contributed by atoms with Crippen LogP contribution in [0.2, 0.25) is 0 Å². The molecule has 0 bridgehead atoms. The molecule has 0 aliphatic rings. The minimum absolute atomic E-state index is 0.216. The Morgan fingerprint density at radius 2 is 1.95 bits per heavy atom. The van der Waals surface area contributed by atoms with E-state index in [-0.39, 0.29) is 12.4 Å². The molecule has 0 aliphatic heterocycles. The molecule has 5 heteroatoms. The van der Waals surface area contributed by atoms with Crippen molar-refractivity contribution in [3.05, 3.63) is 69.9 Å². The molecule has 1 amide bonds. The van der Waals surface area contributed by atoms with E-state index in [1.54, 1.807) is 24.3 Å². The van der Waals surface area contributed by atoms with Crippen LogP contribution in [0, 0.1) is 5.82 Å². The van der Waals surface area contributed by atoms with Crippen molar-refractivity contribution in [2.75, 3.05) is 0 Å². The number of nitrogens with two attached hydrogens (primary N) is 1. The zero-order chi connectivity index (χ0) is 14.5. The lowest BCUT2D eigenvalue weighted by Gasteiger charge is -2.16. The molecule has 104 valence electrons. The van der Waals surface area contributed by atoms with Gasteiger partial charge in [-0.15, -0.1) is 0 Å². The Kier molecular flexibility index (Phi) is 4.87. The van der Waals surface area contributed by atoms with Crippen LogP contribution in [-0.2, 0) is 11.3 Å². The molecular formula is C15H14BrFN2O. The van der Waals surface area contributed by atoms with E-state index in [4.69, 9.17) is 5.73 Å². The molecule has 0 spiro atoms. The highest BCUT2D eigenvalue weighted by Gasteiger charge is 2.17. The van der Waals surface area contributed by atoms with E-state index in [9.17, 15) is 9.18 Å². The third kappa shape index (κ3) is 3.65. The van der Waals surface area contributed by atoms with Crippen molar-refractivity contribution in [2.45, 2.75) is 12.6 Å². The molecule has 3 N–H and O–H groups in total. The molecule has 0 aromatic heterocycles. The van der Waals surface area contributed by atoms with Crippen molar-refractivity contribution in [3.8, 4) is 0 Å². The first-order chi connectivity index (χ1) is 9.58. The number of rotatable bonds is 5. The summed E-state index contributed by atoms with van der Waals surface area (Å²) in [4.78, 5) is 11.5. The van der Waals surface area contributed by atoms with Gasteiger partial charge in [0.05, 0.1) is 0 Å². The van der Waals surface area contributed by atoms with Crippen molar-refractivity contribution in [1.82, 2.24) is 5.32 Å². The van der Waals surface area contributed by atoms with Crippen LogP contribution in [0.4, 0.5) is 4.39 Å². The topological polar surface area (TPSA) is 55.1 Å².